The zero-order valence-electron chi connectivity index (χ0n) is 9.89. The largest absolute Gasteiger partial charge is 0.264 e. The Morgan fingerprint density at radius 3 is 2.47 bits per heavy atom. The zero-order chi connectivity index (χ0) is 13.7. The summed E-state index contributed by atoms with van der Waals surface area (Å²) >= 11 is 0. The second kappa shape index (κ2) is 5.61. The Bertz CT molecular complexity index is 679. The van der Waals surface area contributed by atoms with Crippen LogP contribution >= 0.6 is 0 Å². The number of nitrogens with zero attached hydrogens (tertiary/aromatic N) is 2. The van der Waals surface area contributed by atoms with E-state index in [1.54, 1.807) is 36.5 Å². The lowest BCUT2D eigenvalue weighted by Gasteiger charge is -2.11. The molecule has 1 unspecified atom stereocenters. The highest BCUT2D eigenvalue weighted by molar-refractivity contribution is 7.89. The second-order valence-electron chi connectivity index (χ2n) is 3.78. The summed E-state index contributed by atoms with van der Waals surface area (Å²) < 4.78 is 26.5. The first-order valence-corrected chi connectivity index (χ1v) is 6.99. The van der Waals surface area contributed by atoms with E-state index in [0.717, 1.165) is 0 Å². The molecule has 0 spiro atoms. The molecule has 96 valence electrons. The summed E-state index contributed by atoms with van der Waals surface area (Å²) in [5.74, 6) is 0. The molecular weight excluding hydrogens is 262 g/mol. The number of nitrogens with one attached hydrogen (secondary N) is 1. The lowest BCUT2D eigenvalue weighted by atomic mass is 10.1. The molecule has 1 heterocycles. The van der Waals surface area contributed by atoms with E-state index in [0.29, 0.717) is 5.56 Å². The first-order valence-electron chi connectivity index (χ1n) is 5.50. The summed E-state index contributed by atoms with van der Waals surface area (Å²) in [5, 5.41) is 9.08. The van der Waals surface area contributed by atoms with Crippen LogP contribution in [0, 0.1) is 11.3 Å². The van der Waals surface area contributed by atoms with Gasteiger partial charge in [-0.1, -0.05) is 24.3 Å². The minimum absolute atomic E-state index is 0.124. The summed E-state index contributed by atoms with van der Waals surface area (Å²) in [6, 6.07) is 12.2. The van der Waals surface area contributed by atoms with E-state index in [9.17, 15) is 8.42 Å². The van der Waals surface area contributed by atoms with Gasteiger partial charge < -0.3 is 0 Å². The van der Waals surface area contributed by atoms with Gasteiger partial charge in [0.05, 0.1) is 11.0 Å². The van der Waals surface area contributed by atoms with Crippen molar-refractivity contribution in [3.8, 4) is 6.07 Å². The zero-order valence-corrected chi connectivity index (χ0v) is 10.7. The highest BCUT2D eigenvalue weighted by Crippen LogP contribution is 2.15. The van der Waals surface area contributed by atoms with Gasteiger partial charge in [0.2, 0.25) is 10.0 Å². The average molecular weight is 273 g/mol. The van der Waals surface area contributed by atoms with Gasteiger partial charge in [-0.25, -0.2) is 8.42 Å². The topological polar surface area (TPSA) is 82.9 Å². The van der Waals surface area contributed by atoms with Crippen LogP contribution in [0.3, 0.4) is 0 Å². The van der Waals surface area contributed by atoms with E-state index in [-0.39, 0.29) is 4.90 Å². The highest BCUT2D eigenvalue weighted by atomic mass is 32.2. The number of aromatic nitrogens is 1. The number of pyridine rings is 1. The van der Waals surface area contributed by atoms with Crippen LogP contribution < -0.4 is 4.72 Å². The van der Waals surface area contributed by atoms with Crippen molar-refractivity contribution in [2.75, 3.05) is 0 Å². The smallest absolute Gasteiger partial charge is 0.242 e. The van der Waals surface area contributed by atoms with Crippen molar-refractivity contribution in [3.63, 3.8) is 0 Å². The Labute approximate surface area is 111 Å². The van der Waals surface area contributed by atoms with Gasteiger partial charge in [0, 0.05) is 18.0 Å². The van der Waals surface area contributed by atoms with Crippen LogP contribution in [-0.2, 0) is 10.0 Å². The fraction of sp³-hybridized carbons (Fsp3) is 0.0769. The third-order valence-electron chi connectivity index (χ3n) is 2.47. The lowest BCUT2D eigenvalue weighted by molar-refractivity contribution is 0.575. The van der Waals surface area contributed by atoms with Crippen LogP contribution in [0.2, 0.25) is 0 Å². The molecule has 0 aliphatic rings. The van der Waals surface area contributed by atoms with Crippen LogP contribution in [0.15, 0.2) is 59.8 Å². The normalized spacial score (nSPS) is 12.6. The van der Waals surface area contributed by atoms with Gasteiger partial charge in [-0.15, -0.1) is 0 Å². The van der Waals surface area contributed by atoms with Crippen LogP contribution in [0.1, 0.15) is 11.6 Å². The standard InChI is InChI=1S/C13H11N3O2S/c14-9-13(11-5-4-8-15-10-11)16-19(17,18)12-6-2-1-3-7-12/h1-8,10,13,16H. The molecule has 0 aliphatic carbocycles. The summed E-state index contributed by atoms with van der Waals surface area (Å²) in [4.78, 5) is 3.99. The summed E-state index contributed by atoms with van der Waals surface area (Å²) in [7, 11) is -3.72. The number of nitriles is 1. The fourth-order valence-corrected chi connectivity index (χ4v) is 2.69. The van der Waals surface area contributed by atoms with Crippen molar-refractivity contribution in [2.24, 2.45) is 0 Å². The van der Waals surface area contributed by atoms with Crippen molar-refractivity contribution in [1.82, 2.24) is 9.71 Å². The molecule has 5 nitrogen and oxygen atoms in total. The fourth-order valence-electron chi connectivity index (χ4n) is 1.54. The maximum Gasteiger partial charge on any atom is 0.242 e. The summed E-state index contributed by atoms with van der Waals surface area (Å²) in [6.45, 7) is 0. The van der Waals surface area contributed by atoms with Gasteiger partial charge in [-0.05, 0) is 18.2 Å². The van der Waals surface area contributed by atoms with E-state index in [1.807, 2.05) is 6.07 Å². The molecule has 1 aromatic heterocycles. The van der Waals surface area contributed by atoms with Gasteiger partial charge in [-0.3, -0.25) is 4.98 Å². The first-order chi connectivity index (χ1) is 9.13. The van der Waals surface area contributed by atoms with Gasteiger partial charge in [0.15, 0.2) is 0 Å². The van der Waals surface area contributed by atoms with Crippen molar-refractivity contribution < 1.29 is 8.42 Å². The highest BCUT2D eigenvalue weighted by Gasteiger charge is 2.20. The second-order valence-corrected chi connectivity index (χ2v) is 5.50. The van der Waals surface area contributed by atoms with Crippen LogP contribution in [0.5, 0.6) is 0 Å². The molecule has 0 aliphatic heterocycles. The Morgan fingerprint density at radius 1 is 1.16 bits per heavy atom. The molecule has 2 rings (SSSR count). The summed E-state index contributed by atoms with van der Waals surface area (Å²) in [6.07, 6.45) is 3.02. The van der Waals surface area contributed by atoms with Crippen molar-refractivity contribution in [3.05, 3.63) is 60.4 Å². The minimum Gasteiger partial charge on any atom is -0.264 e. The SMILES string of the molecule is N#CC(NS(=O)(=O)c1ccccc1)c1cccnc1. The van der Waals surface area contributed by atoms with E-state index in [4.69, 9.17) is 5.26 Å². The van der Waals surface area contributed by atoms with Gasteiger partial charge >= 0.3 is 0 Å². The molecule has 1 atom stereocenters. The molecule has 0 amide bonds. The molecule has 0 saturated carbocycles. The molecule has 0 fully saturated rings. The third kappa shape index (κ3) is 3.16. The molecule has 19 heavy (non-hydrogen) atoms. The number of benzene rings is 1. The molecule has 1 aromatic carbocycles. The number of rotatable bonds is 4. The van der Waals surface area contributed by atoms with Crippen molar-refractivity contribution in [2.45, 2.75) is 10.9 Å². The maximum absolute atomic E-state index is 12.1. The van der Waals surface area contributed by atoms with Gasteiger partial charge in [0.25, 0.3) is 0 Å². The number of hydrogen-bond donors (Lipinski definition) is 1. The summed E-state index contributed by atoms with van der Waals surface area (Å²) in [5.41, 5.74) is 0.504. The maximum atomic E-state index is 12.1. The third-order valence-corrected chi connectivity index (χ3v) is 3.91. The van der Waals surface area contributed by atoms with E-state index in [1.165, 1.54) is 18.3 Å². The molecule has 2 aromatic rings. The Balaban J connectivity index is 2.28. The Morgan fingerprint density at radius 2 is 1.89 bits per heavy atom. The van der Waals surface area contributed by atoms with E-state index < -0.39 is 16.1 Å². The minimum atomic E-state index is -3.72. The Hall–Kier alpha value is -2.23. The van der Waals surface area contributed by atoms with Crippen molar-refractivity contribution >= 4 is 10.0 Å². The molecule has 6 heteroatoms. The van der Waals surface area contributed by atoms with Crippen LogP contribution in [-0.4, -0.2) is 13.4 Å². The van der Waals surface area contributed by atoms with E-state index >= 15 is 0 Å². The molecule has 1 N–H and O–H groups in total. The van der Waals surface area contributed by atoms with E-state index in [2.05, 4.69) is 9.71 Å². The van der Waals surface area contributed by atoms with Crippen LogP contribution in [0.25, 0.3) is 0 Å². The van der Waals surface area contributed by atoms with Crippen molar-refractivity contribution in [1.29, 1.82) is 5.26 Å². The van der Waals surface area contributed by atoms with Gasteiger partial charge in [-0.2, -0.15) is 9.98 Å². The van der Waals surface area contributed by atoms with Crippen LogP contribution in [0.4, 0.5) is 0 Å². The Kier molecular flexibility index (Phi) is 3.90. The quantitative estimate of drug-likeness (QED) is 0.917. The predicted molar refractivity (Wildman–Crippen MR) is 69.4 cm³/mol. The molecule has 0 saturated heterocycles. The molecule has 0 bridgehead atoms. The van der Waals surface area contributed by atoms with Gasteiger partial charge in [0.1, 0.15) is 6.04 Å². The monoisotopic (exact) mass is 273 g/mol. The molecule has 0 radical (unpaired) electrons. The lowest BCUT2D eigenvalue weighted by Crippen LogP contribution is -2.27. The first kappa shape index (κ1) is 13.2. The average Bonchev–Trinajstić information content (AvgIpc) is 2.47. The molecular formula is C13H11N3O2S. The number of sulfonamides is 1. The predicted octanol–water partition coefficient (Wildman–Crippen LogP) is 1.62. The number of hydrogen-bond acceptors (Lipinski definition) is 4.